The first kappa shape index (κ1) is 17.0. The van der Waals surface area contributed by atoms with Gasteiger partial charge in [-0.05, 0) is 24.1 Å². The molecule has 1 amide bonds. The standard InChI is InChI=1S/C11H12O2.C5H11NO2/c1-2-9-3-5-10(6-4-9)12-7-11-8-13-11;1-2-3-4-8-5(6)7/h2-6,11H,1,7-8H2;2-4H2,1H3,(H2,6,7). The first-order chi connectivity index (χ1) is 10.2. The summed E-state index contributed by atoms with van der Waals surface area (Å²) in [7, 11) is 0. The monoisotopic (exact) mass is 293 g/mol. The van der Waals surface area contributed by atoms with Crippen LogP contribution in [0.25, 0.3) is 6.08 Å². The Hall–Kier alpha value is -2.01. The van der Waals surface area contributed by atoms with E-state index in [2.05, 4.69) is 17.0 Å². The largest absolute Gasteiger partial charge is 0.491 e. The number of carbonyl (C=O) groups is 1. The normalized spacial score (nSPS) is 15.4. The fourth-order valence-electron chi connectivity index (χ4n) is 1.37. The average molecular weight is 293 g/mol. The van der Waals surface area contributed by atoms with E-state index in [0.717, 1.165) is 30.8 Å². The summed E-state index contributed by atoms with van der Waals surface area (Å²) in [6.45, 7) is 7.65. The molecule has 0 bridgehead atoms. The molecule has 0 saturated carbocycles. The number of nitrogens with two attached hydrogens (primary N) is 1. The Morgan fingerprint density at radius 3 is 2.62 bits per heavy atom. The van der Waals surface area contributed by atoms with Gasteiger partial charge in [0.1, 0.15) is 18.5 Å². The van der Waals surface area contributed by atoms with Crippen LogP contribution in [0.2, 0.25) is 0 Å². The lowest BCUT2D eigenvalue weighted by molar-refractivity contribution is 0.155. The third-order valence-corrected chi connectivity index (χ3v) is 2.70. The van der Waals surface area contributed by atoms with Gasteiger partial charge in [0.2, 0.25) is 0 Å². The van der Waals surface area contributed by atoms with Crippen LogP contribution in [0, 0.1) is 0 Å². The minimum atomic E-state index is -0.682. The molecule has 5 heteroatoms. The molecule has 1 aromatic rings. The molecule has 0 aromatic heterocycles. The maximum atomic E-state index is 9.87. The second-order valence-electron chi connectivity index (χ2n) is 4.56. The van der Waals surface area contributed by atoms with Crippen molar-refractivity contribution in [2.75, 3.05) is 19.8 Å². The SMILES string of the molecule is C=Cc1ccc(OCC2CO2)cc1.CCCCOC(N)=O. The molecule has 1 aliphatic heterocycles. The Morgan fingerprint density at radius 2 is 2.14 bits per heavy atom. The first-order valence-corrected chi connectivity index (χ1v) is 7.04. The lowest BCUT2D eigenvalue weighted by Gasteiger charge is -2.03. The van der Waals surface area contributed by atoms with Crippen LogP contribution in [-0.4, -0.2) is 32.0 Å². The third kappa shape index (κ3) is 8.70. The van der Waals surface area contributed by atoms with Gasteiger partial charge in [0, 0.05) is 0 Å². The van der Waals surface area contributed by atoms with Crippen molar-refractivity contribution in [3.63, 3.8) is 0 Å². The summed E-state index contributed by atoms with van der Waals surface area (Å²) in [4.78, 5) is 9.87. The molecule has 1 aromatic carbocycles. The first-order valence-electron chi connectivity index (χ1n) is 7.04. The Bertz CT molecular complexity index is 426. The smallest absolute Gasteiger partial charge is 0.404 e. The summed E-state index contributed by atoms with van der Waals surface area (Å²) in [6.07, 6.45) is 3.36. The maximum absolute atomic E-state index is 9.87. The molecule has 0 spiro atoms. The van der Waals surface area contributed by atoms with Crippen molar-refractivity contribution in [1.82, 2.24) is 0 Å². The van der Waals surface area contributed by atoms with Gasteiger partial charge in [-0.3, -0.25) is 0 Å². The Balaban J connectivity index is 0.000000240. The molecule has 0 aliphatic carbocycles. The number of primary amides is 1. The molecule has 5 nitrogen and oxygen atoms in total. The number of hydrogen-bond donors (Lipinski definition) is 1. The van der Waals surface area contributed by atoms with Crippen LogP contribution in [-0.2, 0) is 9.47 Å². The highest BCUT2D eigenvalue weighted by Crippen LogP contribution is 2.15. The predicted molar refractivity (Wildman–Crippen MR) is 82.2 cm³/mol. The number of epoxide rings is 1. The van der Waals surface area contributed by atoms with Crippen LogP contribution in [0.4, 0.5) is 4.79 Å². The lowest BCUT2D eigenvalue weighted by atomic mass is 10.2. The van der Waals surface area contributed by atoms with E-state index in [4.69, 9.17) is 9.47 Å². The van der Waals surface area contributed by atoms with Gasteiger partial charge in [-0.25, -0.2) is 4.79 Å². The second-order valence-corrected chi connectivity index (χ2v) is 4.56. The van der Waals surface area contributed by atoms with E-state index in [1.807, 2.05) is 37.3 Å². The van der Waals surface area contributed by atoms with E-state index < -0.39 is 6.09 Å². The molecular formula is C16H23NO4. The number of hydrogen-bond acceptors (Lipinski definition) is 4. The number of amides is 1. The van der Waals surface area contributed by atoms with Gasteiger partial charge in [-0.2, -0.15) is 0 Å². The van der Waals surface area contributed by atoms with Crippen LogP contribution in [0.1, 0.15) is 25.3 Å². The molecule has 1 fully saturated rings. The highest BCUT2D eigenvalue weighted by atomic mass is 16.6. The highest BCUT2D eigenvalue weighted by molar-refractivity contribution is 5.64. The maximum Gasteiger partial charge on any atom is 0.404 e. The number of benzene rings is 1. The molecular weight excluding hydrogens is 270 g/mol. The van der Waals surface area contributed by atoms with E-state index in [1.165, 1.54) is 0 Å². The Morgan fingerprint density at radius 1 is 1.48 bits per heavy atom. The number of rotatable bonds is 7. The van der Waals surface area contributed by atoms with Gasteiger partial charge in [0.15, 0.2) is 0 Å². The summed E-state index contributed by atoms with van der Waals surface area (Å²) in [5.74, 6) is 0.890. The second kappa shape index (κ2) is 9.83. The predicted octanol–water partition coefficient (Wildman–Crippen LogP) is 2.99. The zero-order chi connectivity index (χ0) is 15.5. The third-order valence-electron chi connectivity index (χ3n) is 2.70. The quantitative estimate of drug-likeness (QED) is 0.619. The summed E-state index contributed by atoms with van der Waals surface area (Å²) in [6, 6.07) is 7.85. The van der Waals surface area contributed by atoms with Gasteiger partial charge in [0.05, 0.1) is 13.2 Å². The summed E-state index contributed by atoms with van der Waals surface area (Å²) in [5, 5.41) is 0. The van der Waals surface area contributed by atoms with Gasteiger partial charge in [-0.15, -0.1) is 0 Å². The van der Waals surface area contributed by atoms with Crippen LogP contribution < -0.4 is 10.5 Å². The van der Waals surface area contributed by atoms with Crippen molar-refractivity contribution in [2.45, 2.75) is 25.9 Å². The summed E-state index contributed by atoms with van der Waals surface area (Å²) < 4.78 is 14.9. The van der Waals surface area contributed by atoms with E-state index in [-0.39, 0.29) is 0 Å². The van der Waals surface area contributed by atoms with E-state index in [9.17, 15) is 4.79 Å². The fourth-order valence-corrected chi connectivity index (χ4v) is 1.37. The molecule has 116 valence electrons. The summed E-state index contributed by atoms with van der Waals surface area (Å²) >= 11 is 0. The van der Waals surface area contributed by atoms with Crippen molar-refractivity contribution in [2.24, 2.45) is 5.73 Å². The van der Waals surface area contributed by atoms with E-state index in [1.54, 1.807) is 0 Å². The molecule has 1 saturated heterocycles. The molecule has 2 rings (SSSR count). The molecule has 21 heavy (non-hydrogen) atoms. The van der Waals surface area contributed by atoms with Crippen molar-refractivity contribution in [1.29, 1.82) is 0 Å². The van der Waals surface area contributed by atoms with E-state index in [0.29, 0.717) is 19.3 Å². The van der Waals surface area contributed by atoms with Gasteiger partial charge in [0.25, 0.3) is 0 Å². The Labute approximate surface area is 125 Å². The highest BCUT2D eigenvalue weighted by Gasteiger charge is 2.22. The van der Waals surface area contributed by atoms with Crippen molar-refractivity contribution in [3.8, 4) is 5.75 Å². The number of ether oxygens (including phenoxy) is 3. The zero-order valence-corrected chi connectivity index (χ0v) is 12.4. The van der Waals surface area contributed by atoms with Gasteiger partial charge in [-0.1, -0.05) is 38.1 Å². The summed E-state index contributed by atoms with van der Waals surface area (Å²) in [5.41, 5.74) is 5.78. The molecule has 1 unspecified atom stereocenters. The van der Waals surface area contributed by atoms with Crippen LogP contribution in [0.5, 0.6) is 5.75 Å². The average Bonchev–Trinajstić information content (AvgIpc) is 3.30. The lowest BCUT2D eigenvalue weighted by Crippen LogP contribution is -2.13. The topological polar surface area (TPSA) is 74.1 Å². The Kier molecular flexibility index (Phi) is 7.97. The van der Waals surface area contributed by atoms with Crippen molar-refractivity contribution >= 4 is 12.2 Å². The van der Waals surface area contributed by atoms with Gasteiger partial charge < -0.3 is 19.9 Å². The van der Waals surface area contributed by atoms with Crippen molar-refractivity contribution < 1.29 is 19.0 Å². The minimum absolute atomic E-state index is 0.319. The molecule has 2 N–H and O–H groups in total. The van der Waals surface area contributed by atoms with Crippen LogP contribution >= 0.6 is 0 Å². The number of carbonyl (C=O) groups excluding carboxylic acids is 1. The van der Waals surface area contributed by atoms with Gasteiger partial charge >= 0.3 is 6.09 Å². The molecule has 1 aliphatic rings. The van der Waals surface area contributed by atoms with Crippen LogP contribution in [0.3, 0.4) is 0 Å². The zero-order valence-electron chi connectivity index (χ0n) is 12.4. The van der Waals surface area contributed by atoms with Crippen LogP contribution in [0.15, 0.2) is 30.8 Å². The fraction of sp³-hybridized carbons (Fsp3) is 0.438. The molecule has 1 atom stereocenters. The van der Waals surface area contributed by atoms with E-state index >= 15 is 0 Å². The molecule has 0 radical (unpaired) electrons. The minimum Gasteiger partial charge on any atom is -0.491 e. The number of unbranched alkanes of at least 4 members (excludes halogenated alkanes) is 1. The molecule has 1 heterocycles. The van der Waals surface area contributed by atoms with Crippen molar-refractivity contribution in [3.05, 3.63) is 36.4 Å².